The summed E-state index contributed by atoms with van der Waals surface area (Å²) in [6, 6.07) is 11.5. The molecule has 1 aromatic heterocycles. The third kappa shape index (κ3) is 5.54. The molecule has 0 unspecified atom stereocenters. The highest BCUT2D eigenvalue weighted by molar-refractivity contribution is 7.10. The number of hydrogen-bond acceptors (Lipinski definition) is 5. The van der Waals surface area contributed by atoms with E-state index in [9.17, 15) is 9.59 Å². The fourth-order valence-corrected chi connectivity index (χ4v) is 6.62. The summed E-state index contributed by atoms with van der Waals surface area (Å²) < 4.78 is 5.55. The number of carbonyl (C=O) groups is 2. The fourth-order valence-electron chi connectivity index (χ4n) is 5.43. The molecular formula is C29H34ClN3O3S. The van der Waals surface area contributed by atoms with E-state index in [2.05, 4.69) is 22.8 Å². The van der Waals surface area contributed by atoms with Gasteiger partial charge in [0.2, 0.25) is 11.8 Å². The number of carbonyl (C=O) groups excluding carboxylic acids is 2. The van der Waals surface area contributed by atoms with Gasteiger partial charge in [-0.2, -0.15) is 0 Å². The lowest BCUT2D eigenvalue weighted by Gasteiger charge is -2.35. The largest absolute Gasteiger partial charge is 0.381 e. The van der Waals surface area contributed by atoms with Gasteiger partial charge in [-0.15, -0.1) is 11.3 Å². The number of likely N-dealkylation sites (tertiary alicyclic amines) is 1. The Morgan fingerprint density at radius 2 is 2.00 bits per heavy atom. The van der Waals surface area contributed by atoms with Crippen molar-refractivity contribution in [1.82, 2.24) is 15.2 Å². The van der Waals surface area contributed by atoms with Gasteiger partial charge in [-0.3, -0.25) is 9.59 Å². The van der Waals surface area contributed by atoms with Gasteiger partial charge < -0.3 is 15.0 Å². The number of benzene rings is 2. The molecule has 6 nitrogen and oxygen atoms in total. The molecule has 0 spiro atoms. The minimum Gasteiger partial charge on any atom is -0.381 e. The van der Waals surface area contributed by atoms with Gasteiger partial charge in [0, 0.05) is 41.6 Å². The van der Waals surface area contributed by atoms with Crippen LogP contribution in [0, 0.1) is 11.8 Å². The van der Waals surface area contributed by atoms with Gasteiger partial charge in [0.25, 0.3) is 0 Å². The van der Waals surface area contributed by atoms with E-state index in [1.807, 2.05) is 43.0 Å². The molecule has 0 aliphatic carbocycles. The quantitative estimate of drug-likeness (QED) is 0.386. The Bertz CT molecular complexity index is 1270. The maximum Gasteiger partial charge on any atom is 0.246 e. The lowest BCUT2D eigenvalue weighted by molar-refractivity contribution is -0.140. The molecule has 1 N–H and O–H groups in total. The highest BCUT2D eigenvalue weighted by Gasteiger charge is 2.40. The van der Waals surface area contributed by atoms with Crippen LogP contribution in [-0.4, -0.2) is 47.5 Å². The normalized spacial score (nSPS) is 20.2. The van der Waals surface area contributed by atoms with E-state index in [1.54, 1.807) is 11.3 Å². The molecule has 37 heavy (non-hydrogen) atoms. The number of nitrogens with one attached hydrogen (secondary N) is 1. The summed E-state index contributed by atoms with van der Waals surface area (Å²) in [5, 5.41) is 8.99. The first-order valence-corrected chi connectivity index (χ1v) is 14.5. The van der Waals surface area contributed by atoms with Crippen molar-refractivity contribution in [3.05, 3.63) is 51.8 Å². The molecule has 0 bridgehead atoms. The minimum absolute atomic E-state index is 0.0102. The Morgan fingerprint density at radius 3 is 2.78 bits per heavy atom. The lowest BCUT2D eigenvalue weighted by atomic mass is 9.90. The van der Waals surface area contributed by atoms with Crippen molar-refractivity contribution in [2.75, 3.05) is 19.8 Å². The average Bonchev–Trinajstić information content (AvgIpc) is 3.61. The van der Waals surface area contributed by atoms with Crippen molar-refractivity contribution in [3.63, 3.8) is 0 Å². The summed E-state index contributed by atoms with van der Waals surface area (Å²) in [4.78, 5) is 33.8. The molecule has 3 atom stereocenters. The SMILES string of the molecule is CC[C@@H](C)C(=O)N[C@H](C(=O)N1CCC[C@H]1c1nc(-c2cc(Cl)cc3ccccc23)cs1)C1CCOCC1. The number of nitrogens with zero attached hydrogens (tertiary/aromatic N) is 2. The fraction of sp³-hybridized carbons (Fsp3) is 0.483. The first-order valence-electron chi connectivity index (χ1n) is 13.3. The van der Waals surface area contributed by atoms with E-state index in [0.29, 0.717) is 24.8 Å². The maximum atomic E-state index is 14.0. The first kappa shape index (κ1) is 26.1. The van der Waals surface area contributed by atoms with Gasteiger partial charge in [-0.05, 0) is 60.9 Å². The van der Waals surface area contributed by atoms with Crippen LogP contribution in [0.3, 0.4) is 0 Å². The minimum atomic E-state index is -0.526. The molecule has 2 aromatic carbocycles. The van der Waals surface area contributed by atoms with Gasteiger partial charge in [0.05, 0.1) is 11.7 Å². The number of rotatable bonds is 7. The molecule has 2 aliphatic heterocycles. The molecule has 196 valence electrons. The highest BCUT2D eigenvalue weighted by Crippen LogP contribution is 2.39. The van der Waals surface area contributed by atoms with Gasteiger partial charge in [0.1, 0.15) is 11.0 Å². The lowest BCUT2D eigenvalue weighted by Crippen LogP contribution is -2.54. The Balaban J connectivity index is 1.41. The third-order valence-electron chi connectivity index (χ3n) is 7.81. The van der Waals surface area contributed by atoms with E-state index in [1.165, 1.54) is 0 Å². The van der Waals surface area contributed by atoms with Gasteiger partial charge in [-0.25, -0.2) is 4.98 Å². The van der Waals surface area contributed by atoms with Crippen molar-refractivity contribution >= 4 is 45.5 Å². The van der Waals surface area contributed by atoms with Crippen molar-refractivity contribution in [1.29, 1.82) is 0 Å². The zero-order valence-corrected chi connectivity index (χ0v) is 23.0. The number of aromatic nitrogens is 1. The van der Waals surface area contributed by atoms with E-state index in [4.69, 9.17) is 21.3 Å². The summed E-state index contributed by atoms with van der Waals surface area (Å²) >= 11 is 8.03. The van der Waals surface area contributed by atoms with Crippen LogP contribution in [0.15, 0.2) is 41.8 Å². The van der Waals surface area contributed by atoms with Crippen LogP contribution >= 0.6 is 22.9 Å². The van der Waals surface area contributed by atoms with E-state index < -0.39 is 6.04 Å². The van der Waals surface area contributed by atoms with E-state index in [0.717, 1.165) is 59.1 Å². The molecule has 2 saturated heterocycles. The summed E-state index contributed by atoms with van der Waals surface area (Å²) in [7, 11) is 0. The van der Waals surface area contributed by atoms with E-state index >= 15 is 0 Å². The van der Waals surface area contributed by atoms with Crippen molar-refractivity contribution < 1.29 is 14.3 Å². The zero-order chi connectivity index (χ0) is 25.9. The Hall–Kier alpha value is -2.48. The number of ether oxygens (including phenoxy) is 1. The number of amides is 2. The Kier molecular flexibility index (Phi) is 8.12. The predicted octanol–water partition coefficient (Wildman–Crippen LogP) is 6.24. The number of hydrogen-bond donors (Lipinski definition) is 1. The molecule has 3 aromatic rings. The number of halogens is 1. The Labute approximate surface area is 227 Å². The number of thiazole rings is 1. The van der Waals surface area contributed by atoms with Crippen LogP contribution in [0.25, 0.3) is 22.0 Å². The zero-order valence-electron chi connectivity index (χ0n) is 21.4. The summed E-state index contributed by atoms with van der Waals surface area (Å²) in [6.07, 6.45) is 4.09. The number of fused-ring (bicyclic) bond motifs is 1. The maximum absolute atomic E-state index is 14.0. The molecule has 0 radical (unpaired) electrons. The summed E-state index contributed by atoms with van der Waals surface area (Å²) in [5.74, 6) is -0.0813. The standard InChI is InChI=1S/C29H34ClN3O3S/c1-3-18(2)27(34)32-26(19-10-13-36-14-11-19)29(35)33-12-6-9-25(33)28-31-24(17-37-28)23-16-21(30)15-20-7-4-5-8-22(20)23/h4-5,7-8,15-19,25-26H,3,6,9-14H2,1-2H3,(H,32,34)/t18-,25+,26+/m1/s1. The molecule has 0 saturated carbocycles. The molecule has 2 fully saturated rings. The second-order valence-corrected chi connectivity index (χ2v) is 11.5. The molecular weight excluding hydrogens is 506 g/mol. The second-order valence-electron chi connectivity index (χ2n) is 10.2. The molecule has 2 amide bonds. The van der Waals surface area contributed by atoms with Gasteiger partial charge in [0.15, 0.2) is 0 Å². The molecule has 3 heterocycles. The van der Waals surface area contributed by atoms with Crippen LogP contribution in [-0.2, 0) is 14.3 Å². The topological polar surface area (TPSA) is 71.5 Å². The Morgan fingerprint density at radius 1 is 1.22 bits per heavy atom. The predicted molar refractivity (Wildman–Crippen MR) is 149 cm³/mol. The molecule has 5 rings (SSSR count). The van der Waals surface area contributed by atoms with Gasteiger partial charge in [-0.1, -0.05) is 49.7 Å². The molecule has 8 heteroatoms. The summed E-state index contributed by atoms with van der Waals surface area (Å²) in [6.45, 7) is 5.84. The third-order valence-corrected chi connectivity index (χ3v) is 8.97. The monoisotopic (exact) mass is 539 g/mol. The second kappa shape index (κ2) is 11.5. The van der Waals surface area contributed by atoms with Crippen LogP contribution in [0.5, 0.6) is 0 Å². The first-order chi connectivity index (χ1) is 18.0. The average molecular weight is 540 g/mol. The van der Waals surface area contributed by atoms with Crippen LogP contribution in [0.2, 0.25) is 5.02 Å². The van der Waals surface area contributed by atoms with Crippen molar-refractivity contribution in [2.24, 2.45) is 11.8 Å². The van der Waals surface area contributed by atoms with Crippen molar-refractivity contribution in [2.45, 2.75) is 58.0 Å². The van der Waals surface area contributed by atoms with Crippen molar-refractivity contribution in [3.8, 4) is 11.3 Å². The smallest absolute Gasteiger partial charge is 0.246 e. The van der Waals surface area contributed by atoms with Gasteiger partial charge >= 0.3 is 0 Å². The van der Waals surface area contributed by atoms with Crippen LogP contribution in [0.1, 0.15) is 57.0 Å². The molecule has 2 aliphatic rings. The highest BCUT2D eigenvalue weighted by atomic mass is 35.5. The summed E-state index contributed by atoms with van der Waals surface area (Å²) in [5.41, 5.74) is 1.88. The van der Waals surface area contributed by atoms with Crippen LogP contribution in [0.4, 0.5) is 0 Å². The van der Waals surface area contributed by atoms with E-state index in [-0.39, 0.29) is 29.7 Å². The van der Waals surface area contributed by atoms with Crippen LogP contribution < -0.4 is 5.32 Å².